The van der Waals surface area contributed by atoms with Gasteiger partial charge in [0.05, 0.1) is 0 Å². The molecule has 2 rings (SSSR count). The molecule has 0 radical (unpaired) electrons. The summed E-state index contributed by atoms with van der Waals surface area (Å²) in [5.74, 6) is 0.743. The van der Waals surface area contributed by atoms with Gasteiger partial charge in [0.15, 0.2) is 0 Å². The van der Waals surface area contributed by atoms with Gasteiger partial charge in [-0.25, -0.2) is 4.79 Å². The number of carbonyl (C=O) groups excluding carboxylic acids is 1. The Morgan fingerprint density at radius 2 is 1.95 bits per heavy atom. The number of nitrogens with one attached hydrogen (secondary N) is 1. The quantitative estimate of drug-likeness (QED) is 0.924. The highest BCUT2D eigenvalue weighted by molar-refractivity contribution is 5.89. The van der Waals surface area contributed by atoms with Crippen LogP contribution in [0.15, 0.2) is 24.3 Å². The van der Waals surface area contributed by atoms with Crippen LogP contribution in [-0.4, -0.2) is 48.6 Å². The average Bonchev–Trinajstić information content (AvgIpc) is 2.45. The van der Waals surface area contributed by atoms with E-state index < -0.39 is 0 Å². The molecule has 2 amide bonds. The molecule has 0 aromatic heterocycles. The van der Waals surface area contributed by atoms with Gasteiger partial charge in [0, 0.05) is 31.9 Å². The summed E-state index contributed by atoms with van der Waals surface area (Å²) in [5.41, 5.74) is 2.04. The van der Waals surface area contributed by atoms with Gasteiger partial charge < -0.3 is 10.2 Å². The smallest absolute Gasteiger partial charge is 0.321 e. The second-order valence-corrected chi connectivity index (χ2v) is 6.31. The highest BCUT2D eigenvalue weighted by atomic mass is 16.2. The van der Waals surface area contributed by atoms with Crippen molar-refractivity contribution in [3.05, 3.63) is 29.8 Å². The van der Waals surface area contributed by atoms with Crippen molar-refractivity contribution in [1.82, 2.24) is 9.80 Å². The third kappa shape index (κ3) is 5.05. The van der Waals surface area contributed by atoms with Crippen molar-refractivity contribution in [2.24, 2.45) is 5.92 Å². The molecule has 1 aliphatic rings. The Hall–Kier alpha value is -1.55. The maximum Gasteiger partial charge on any atom is 0.321 e. The predicted molar refractivity (Wildman–Crippen MR) is 87.7 cm³/mol. The summed E-state index contributed by atoms with van der Waals surface area (Å²) >= 11 is 0. The molecule has 116 valence electrons. The van der Waals surface area contributed by atoms with Crippen LogP contribution < -0.4 is 5.32 Å². The molecule has 4 nitrogen and oxygen atoms in total. The minimum atomic E-state index is 0.0177. The molecule has 1 aromatic rings. The third-order valence-electron chi connectivity index (χ3n) is 3.95. The summed E-state index contributed by atoms with van der Waals surface area (Å²) in [4.78, 5) is 16.6. The van der Waals surface area contributed by atoms with Gasteiger partial charge in [-0.05, 0) is 43.5 Å². The number of amides is 2. The van der Waals surface area contributed by atoms with Crippen LogP contribution in [0.25, 0.3) is 0 Å². The molecule has 1 N–H and O–H groups in total. The molecule has 0 spiro atoms. The van der Waals surface area contributed by atoms with E-state index in [2.05, 4.69) is 24.1 Å². The first-order valence-electron chi connectivity index (χ1n) is 7.89. The molecule has 0 unspecified atom stereocenters. The molecule has 1 heterocycles. The second-order valence-electron chi connectivity index (χ2n) is 6.31. The summed E-state index contributed by atoms with van der Waals surface area (Å²) in [5, 5.41) is 2.99. The minimum Gasteiger partial charge on any atom is -0.322 e. The fourth-order valence-corrected chi connectivity index (χ4v) is 2.54. The zero-order chi connectivity index (χ0) is 15.2. The van der Waals surface area contributed by atoms with E-state index in [1.165, 1.54) is 6.42 Å². The van der Waals surface area contributed by atoms with Crippen LogP contribution in [0.3, 0.4) is 0 Å². The van der Waals surface area contributed by atoms with E-state index in [1.54, 1.807) is 0 Å². The van der Waals surface area contributed by atoms with Gasteiger partial charge in [-0.3, -0.25) is 4.90 Å². The summed E-state index contributed by atoms with van der Waals surface area (Å²) in [6.07, 6.45) is 1.23. The summed E-state index contributed by atoms with van der Waals surface area (Å²) in [6.45, 7) is 11.3. The van der Waals surface area contributed by atoms with Gasteiger partial charge in [0.1, 0.15) is 0 Å². The molecular weight excluding hydrogens is 262 g/mol. The topological polar surface area (TPSA) is 35.6 Å². The number of carbonyl (C=O) groups is 1. The number of urea groups is 1. The van der Waals surface area contributed by atoms with E-state index >= 15 is 0 Å². The monoisotopic (exact) mass is 289 g/mol. The van der Waals surface area contributed by atoms with Crippen LogP contribution in [0.4, 0.5) is 10.5 Å². The van der Waals surface area contributed by atoms with Crippen LogP contribution in [0, 0.1) is 12.8 Å². The van der Waals surface area contributed by atoms with Gasteiger partial charge >= 0.3 is 6.03 Å². The normalized spacial score (nSPS) is 16.3. The van der Waals surface area contributed by atoms with E-state index in [1.807, 2.05) is 36.1 Å². The Kier molecular flexibility index (Phi) is 5.62. The maximum atomic E-state index is 12.2. The number of nitrogens with zero attached hydrogens (tertiary/aromatic N) is 2. The van der Waals surface area contributed by atoms with Crippen molar-refractivity contribution in [2.75, 3.05) is 38.0 Å². The zero-order valence-electron chi connectivity index (χ0n) is 13.4. The van der Waals surface area contributed by atoms with E-state index in [0.717, 1.165) is 49.9 Å². The highest BCUT2D eigenvalue weighted by Crippen LogP contribution is 2.12. The SMILES string of the molecule is Cc1cccc(NC(=O)N2CCN(CCC(C)C)CC2)c1. The molecule has 1 fully saturated rings. The van der Waals surface area contributed by atoms with Gasteiger partial charge in [-0.2, -0.15) is 0 Å². The van der Waals surface area contributed by atoms with Crippen molar-refractivity contribution in [3.63, 3.8) is 0 Å². The Labute approximate surface area is 128 Å². The lowest BCUT2D eigenvalue weighted by Crippen LogP contribution is -2.50. The number of hydrogen-bond acceptors (Lipinski definition) is 2. The lowest BCUT2D eigenvalue weighted by atomic mass is 10.1. The standard InChI is InChI=1S/C17H27N3O/c1-14(2)7-8-19-9-11-20(12-10-19)17(21)18-16-6-4-5-15(3)13-16/h4-6,13-14H,7-12H2,1-3H3,(H,18,21). The first-order valence-corrected chi connectivity index (χ1v) is 7.89. The van der Waals surface area contributed by atoms with E-state index in [-0.39, 0.29) is 6.03 Å². The predicted octanol–water partition coefficient (Wildman–Crippen LogP) is 3.19. The molecule has 1 saturated heterocycles. The number of anilines is 1. The summed E-state index contributed by atoms with van der Waals surface area (Å²) in [7, 11) is 0. The molecule has 0 aliphatic carbocycles. The molecule has 0 saturated carbocycles. The molecule has 0 atom stereocenters. The van der Waals surface area contributed by atoms with Gasteiger partial charge in [-0.1, -0.05) is 26.0 Å². The van der Waals surface area contributed by atoms with Crippen LogP contribution in [0.5, 0.6) is 0 Å². The Morgan fingerprint density at radius 3 is 2.57 bits per heavy atom. The Bertz CT molecular complexity index is 465. The van der Waals surface area contributed by atoms with Crippen LogP contribution >= 0.6 is 0 Å². The molecule has 0 bridgehead atoms. The number of rotatable bonds is 4. The van der Waals surface area contributed by atoms with Crippen LogP contribution in [-0.2, 0) is 0 Å². The van der Waals surface area contributed by atoms with Crippen LogP contribution in [0.1, 0.15) is 25.8 Å². The number of benzene rings is 1. The van der Waals surface area contributed by atoms with Crippen molar-refractivity contribution < 1.29 is 4.79 Å². The average molecular weight is 289 g/mol. The lowest BCUT2D eigenvalue weighted by molar-refractivity contribution is 0.143. The largest absolute Gasteiger partial charge is 0.322 e. The van der Waals surface area contributed by atoms with Crippen molar-refractivity contribution in [1.29, 1.82) is 0 Å². The molecule has 1 aromatic carbocycles. The minimum absolute atomic E-state index is 0.0177. The van der Waals surface area contributed by atoms with E-state index in [0.29, 0.717) is 0 Å². The summed E-state index contributed by atoms with van der Waals surface area (Å²) < 4.78 is 0. The third-order valence-corrected chi connectivity index (χ3v) is 3.95. The highest BCUT2D eigenvalue weighted by Gasteiger charge is 2.20. The van der Waals surface area contributed by atoms with E-state index in [9.17, 15) is 4.79 Å². The molecule has 4 heteroatoms. The number of piperazine rings is 1. The van der Waals surface area contributed by atoms with Gasteiger partial charge in [-0.15, -0.1) is 0 Å². The Balaban J connectivity index is 1.78. The van der Waals surface area contributed by atoms with E-state index in [4.69, 9.17) is 0 Å². The lowest BCUT2D eigenvalue weighted by Gasteiger charge is -2.35. The Morgan fingerprint density at radius 1 is 1.24 bits per heavy atom. The zero-order valence-corrected chi connectivity index (χ0v) is 13.4. The maximum absolute atomic E-state index is 12.2. The molecule has 21 heavy (non-hydrogen) atoms. The number of hydrogen-bond donors (Lipinski definition) is 1. The van der Waals surface area contributed by atoms with Crippen LogP contribution in [0.2, 0.25) is 0 Å². The van der Waals surface area contributed by atoms with Crippen molar-refractivity contribution in [2.45, 2.75) is 27.2 Å². The fourth-order valence-electron chi connectivity index (χ4n) is 2.54. The van der Waals surface area contributed by atoms with Crippen molar-refractivity contribution in [3.8, 4) is 0 Å². The van der Waals surface area contributed by atoms with Crippen molar-refractivity contribution >= 4 is 11.7 Å². The molecular formula is C17H27N3O. The first kappa shape index (κ1) is 15.8. The summed E-state index contributed by atoms with van der Waals surface area (Å²) in [6, 6.07) is 7.95. The fraction of sp³-hybridized carbons (Fsp3) is 0.588. The number of aryl methyl sites for hydroxylation is 1. The van der Waals surface area contributed by atoms with Gasteiger partial charge in [0.2, 0.25) is 0 Å². The molecule has 1 aliphatic heterocycles. The second kappa shape index (κ2) is 7.46. The van der Waals surface area contributed by atoms with Gasteiger partial charge in [0.25, 0.3) is 0 Å². The first-order chi connectivity index (χ1) is 10.0.